The van der Waals surface area contributed by atoms with E-state index in [-0.39, 0.29) is 0 Å². The van der Waals surface area contributed by atoms with E-state index < -0.39 is 0 Å². The second kappa shape index (κ2) is 7.42. The Morgan fingerprint density at radius 3 is 2.83 bits per heavy atom. The van der Waals surface area contributed by atoms with Crippen LogP contribution in [0, 0.1) is 5.92 Å². The molecular weight excluding hydrogens is 262 g/mol. The minimum absolute atomic E-state index is 0.638. The topological polar surface area (TPSA) is 12.0 Å². The molecule has 2 rings (SSSR count). The van der Waals surface area contributed by atoms with Crippen LogP contribution in [0.1, 0.15) is 32.6 Å². The second-order valence-electron chi connectivity index (χ2n) is 5.07. The van der Waals surface area contributed by atoms with Gasteiger partial charge in [0.2, 0.25) is 0 Å². The van der Waals surface area contributed by atoms with Crippen LogP contribution < -0.4 is 5.32 Å². The van der Waals surface area contributed by atoms with Crippen molar-refractivity contribution in [2.75, 3.05) is 12.3 Å². The number of hydrogen-bond donors (Lipinski definition) is 1. The molecule has 1 aliphatic carbocycles. The van der Waals surface area contributed by atoms with Crippen molar-refractivity contribution in [1.82, 2.24) is 5.32 Å². The predicted octanol–water partition coefficient (Wildman–Crippen LogP) is 4.60. The number of halogens is 1. The van der Waals surface area contributed by atoms with E-state index >= 15 is 0 Å². The number of rotatable bonds is 8. The third kappa shape index (κ3) is 4.83. The molecule has 18 heavy (non-hydrogen) atoms. The smallest absolute Gasteiger partial charge is 0.0541 e. The highest BCUT2D eigenvalue weighted by molar-refractivity contribution is 7.99. The fourth-order valence-electron chi connectivity index (χ4n) is 2.07. The fourth-order valence-corrected chi connectivity index (χ4v) is 3.38. The Morgan fingerprint density at radius 1 is 1.39 bits per heavy atom. The molecule has 100 valence electrons. The quantitative estimate of drug-likeness (QED) is 0.700. The average molecular weight is 284 g/mol. The normalized spacial score (nSPS) is 16.8. The lowest BCUT2D eigenvalue weighted by atomic mass is 10.1. The molecule has 0 radical (unpaired) electrons. The third-order valence-corrected chi connectivity index (χ3v) is 4.95. The molecule has 1 fully saturated rings. The molecule has 1 saturated carbocycles. The molecular formula is C15H22ClNS. The zero-order valence-electron chi connectivity index (χ0n) is 11.0. The molecule has 1 aliphatic rings. The molecule has 3 heteroatoms. The first-order chi connectivity index (χ1) is 8.79. The Morgan fingerprint density at radius 2 is 2.17 bits per heavy atom. The molecule has 0 aromatic heterocycles. The predicted molar refractivity (Wildman–Crippen MR) is 81.6 cm³/mol. The molecule has 0 spiro atoms. The van der Waals surface area contributed by atoms with Gasteiger partial charge in [-0.25, -0.2) is 0 Å². The van der Waals surface area contributed by atoms with E-state index in [1.54, 1.807) is 0 Å². The Kier molecular flexibility index (Phi) is 5.87. The molecule has 1 aromatic carbocycles. The maximum absolute atomic E-state index is 6.19. The minimum atomic E-state index is 0.638. The fraction of sp³-hybridized carbons (Fsp3) is 0.600. The summed E-state index contributed by atoms with van der Waals surface area (Å²) in [7, 11) is 0. The summed E-state index contributed by atoms with van der Waals surface area (Å²) >= 11 is 8.07. The van der Waals surface area contributed by atoms with Crippen LogP contribution in [0.4, 0.5) is 0 Å². The van der Waals surface area contributed by atoms with Crippen molar-refractivity contribution in [3.63, 3.8) is 0 Å². The number of nitrogens with one attached hydrogen (secondary N) is 1. The van der Waals surface area contributed by atoms with E-state index in [2.05, 4.69) is 24.4 Å². The van der Waals surface area contributed by atoms with Gasteiger partial charge >= 0.3 is 0 Å². The number of hydrogen-bond acceptors (Lipinski definition) is 2. The van der Waals surface area contributed by atoms with Crippen molar-refractivity contribution >= 4 is 23.4 Å². The van der Waals surface area contributed by atoms with E-state index in [1.165, 1.54) is 30.6 Å². The monoisotopic (exact) mass is 283 g/mol. The van der Waals surface area contributed by atoms with Crippen LogP contribution in [-0.2, 0) is 0 Å². The highest BCUT2D eigenvalue weighted by Crippen LogP contribution is 2.35. The standard InChI is InChI=1S/C15H22ClNS/c1-2-9-17-13(10-12-7-8-12)11-18-15-6-4-3-5-14(15)16/h3-6,12-13,17H,2,7-11H2,1H3. The van der Waals surface area contributed by atoms with Gasteiger partial charge in [0, 0.05) is 16.7 Å². The summed E-state index contributed by atoms with van der Waals surface area (Å²) in [5, 5.41) is 4.54. The van der Waals surface area contributed by atoms with E-state index in [0.29, 0.717) is 6.04 Å². The maximum Gasteiger partial charge on any atom is 0.0541 e. The molecule has 1 unspecified atom stereocenters. The van der Waals surface area contributed by atoms with E-state index in [4.69, 9.17) is 11.6 Å². The van der Waals surface area contributed by atoms with Crippen LogP contribution in [0.5, 0.6) is 0 Å². The molecule has 0 heterocycles. The number of thioether (sulfide) groups is 1. The van der Waals surface area contributed by atoms with Crippen LogP contribution in [0.3, 0.4) is 0 Å². The summed E-state index contributed by atoms with van der Waals surface area (Å²) in [5.41, 5.74) is 0. The van der Waals surface area contributed by atoms with E-state index in [9.17, 15) is 0 Å². The number of benzene rings is 1. The molecule has 1 N–H and O–H groups in total. The van der Waals surface area contributed by atoms with Gasteiger partial charge < -0.3 is 5.32 Å². The van der Waals surface area contributed by atoms with Crippen molar-refractivity contribution in [2.24, 2.45) is 5.92 Å². The van der Waals surface area contributed by atoms with Crippen LogP contribution in [0.15, 0.2) is 29.2 Å². The summed E-state index contributed by atoms with van der Waals surface area (Å²) in [5.74, 6) is 2.10. The van der Waals surface area contributed by atoms with Crippen LogP contribution in [0.2, 0.25) is 5.02 Å². The Bertz CT molecular complexity index is 365. The highest BCUT2D eigenvalue weighted by atomic mass is 35.5. The summed E-state index contributed by atoms with van der Waals surface area (Å²) in [4.78, 5) is 1.21. The lowest BCUT2D eigenvalue weighted by Gasteiger charge is -2.18. The van der Waals surface area contributed by atoms with Gasteiger partial charge in [-0.3, -0.25) is 0 Å². The first-order valence-corrected chi connectivity index (χ1v) is 8.26. The average Bonchev–Trinajstić information content (AvgIpc) is 3.18. The lowest BCUT2D eigenvalue weighted by molar-refractivity contribution is 0.494. The van der Waals surface area contributed by atoms with Gasteiger partial charge in [-0.05, 0) is 37.4 Å². The first kappa shape index (κ1) is 14.2. The highest BCUT2D eigenvalue weighted by Gasteiger charge is 2.25. The molecule has 1 nitrogen and oxygen atoms in total. The van der Waals surface area contributed by atoms with Gasteiger partial charge in [0.1, 0.15) is 0 Å². The van der Waals surface area contributed by atoms with Crippen LogP contribution in [0.25, 0.3) is 0 Å². The molecule has 1 aromatic rings. The Balaban J connectivity index is 1.81. The zero-order valence-corrected chi connectivity index (χ0v) is 12.6. The van der Waals surface area contributed by atoms with E-state index in [1.807, 2.05) is 23.9 Å². The summed E-state index contributed by atoms with van der Waals surface area (Å²) in [6, 6.07) is 8.77. The minimum Gasteiger partial charge on any atom is -0.313 e. The van der Waals surface area contributed by atoms with Crippen molar-refractivity contribution in [2.45, 2.75) is 43.5 Å². The molecule has 0 bridgehead atoms. The molecule has 0 aliphatic heterocycles. The largest absolute Gasteiger partial charge is 0.313 e. The van der Waals surface area contributed by atoms with Crippen molar-refractivity contribution in [3.8, 4) is 0 Å². The van der Waals surface area contributed by atoms with Gasteiger partial charge in [-0.2, -0.15) is 0 Å². The summed E-state index contributed by atoms with van der Waals surface area (Å²) < 4.78 is 0. The van der Waals surface area contributed by atoms with E-state index in [0.717, 1.165) is 23.2 Å². The maximum atomic E-state index is 6.19. The van der Waals surface area contributed by atoms with Gasteiger partial charge in [-0.1, -0.05) is 43.5 Å². The SMILES string of the molecule is CCCNC(CSc1ccccc1Cl)CC1CC1. The Hall–Kier alpha value is -0.180. The van der Waals surface area contributed by atoms with Crippen molar-refractivity contribution < 1.29 is 0 Å². The molecule has 0 amide bonds. The van der Waals surface area contributed by atoms with Crippen LogP contribution >= 0.6 is 23.4 Å². The van der Waals surface area contributed by atoms with Crippen LogP contribution in [-0.4, -0.2) is 18.3 Å². The Labute approximate surface area is 120 Å². The van der Waals surface area contributed by atoms with Gasteiger partial charge in [0.25, 0.3) is 0 Å². The summed E-state index contributed by atoms with van der Waals surface area (Å²) in [6.07, 6.45) is 5.40. The second-order valence-corrected chi connectivity index (χ2v) is 6.54. The van der Waals surface area contributed by atoms with Gasteiger partial charge in [-0.15, -0.1) is 11.8 Å². The van der Waals surface area contributed by atoms with Gasteiger partial charge in [0.15, 0.2) is 0 Å². The molecule has 1 atom stereocenters. The third-order valence-electron chi connectivity index (χ3n) is 3.27. The van der Waals surface area contributed by atoms with Crippen molar-refractivity contribution in [3.05, 3.63) is 29.3 Å². The zero-order chi connectivity index (χ0) is 12.8. The van der Waals surface area contributed by atoms with Crippen molar-refractivity contribution in [1.29, 1.82) is 0 Å². The van der Waals surface area contributed by atoms with Gasteiger partial charge in [0.05, 0.1) is 5.02 Å². The molecule has 0 saturated heterocycles. The first-order valence-electron chi connectivity index (χ1n) is 6.90. The lowest BCUT2D eigenvalue weighted by Crippen LogP contribution is -2.32. The summed E-state index contributed by atoms with van der Waals surface area (Å²) in [6.45, 7) is 3.35.